The Balaban J connectivity index is 2.03. The molecule has 2 rings (SSSR count). The first-order valence-electron chi connectivity index (χ1n) is 6.33. The predicted octanol–water partition coefficient (Wildman–Crippen LogP) is 3.23. The molecule has 0 bridgehead atoms. The lowest BCUT2D eigenvalue weighted by molar-refractivity contribution is 0.355. The molecule has 0 radical (unpaired) electrons. The zero-order chi connectivity index (χ0) is 13.9. The minimum absolute atomic E-state index is 0.0155. The number of rotatable bonds is 3. The van der Waals surface area contributed by atoms with Gasteiger partial charge in [0.25, 0.3) is 0 Å². The van der Waals surface area contributed by atoms with Gasteiger partial charge in [0, 0.05) is 29.6 Å². The molecular weight excluding hydrogens is 234 g/mol. The Morgan fingerprint density at radius 2 is 2.16 bits per heavy atom. The standard InChI is InChI=1S/C16H19N3/c1-5-13-7-6-8-15(9-13)17-10-14-11-18-19(12-14)16(2,3)4/h1,6-9,11-12,17H,10H2,2-4H3. The number of hydrogen-bond acceptors (Lipinski definition) is 2. The van der Waals surface area contributed by atoms with Crippen LogP contribution in [0.15, 0.2) is 36.7 Å². The van der Waals surface area contributed by atoms with Gasteiger partial charge in [-0.05, 0) is 39.0 Å². The summed E-state index contributed by atoms with van der Waals surface area (Å²) in [6.45, 7) is 7.14. The lowest BCUT2D eigenvalue weighted by atomic mass is 10.1. The summed E-state index contributed by atoms with van der Waals surface area (Å²) >= 11 is 0. The van der Waals surface area contributed by atoms with E-state index in [0.29, 0.717) is 0 Å². The monoisotopic (exact) mass is 253 g/mol. The highest BCUT2D eigenvalue weighted by atomic mass is 15.3. The Kier molecular flexibility index (Phi) is 3.62. The van der Waals surface area contributed by atoms with Gasteiger partial charge < -0.3 is 5.32 Å². The SMILES string of the molecule is C#Cc1cccc(NCc2cnn(C(C)(C)C)c2)c1. The van der Waals surface area contributed by atoms with E-state index in [-0.39, 0.29) is 5.54 Å². The van der Waals surface area contributed by atoms with E-state index in [1.165, 1.54) is 0 Å². The van der Waals surface area contributed by atoms with Gasteiger partial charge in [-0.15, -0.1) is 6.42 Å². The van der Waals surface area contributed by atoms with Crippen molar-refractivity contribution >= 4 is 5.69 Å². The largest absolute Gasteiger partial charge is 0.381 e. The molecule has 2 aromatic rings. The fraction of sp³-hybridized carbons (Fsp3) is 0.312. The highest BCUT2D eigenvalue weighted by Crippen LogP contribution is 2.15. The molecular formula is C16H19N3. The van der Waals surface area contributed by atoms with Crippen LogP contribution in [0.1, 0.15) is 31.9 Å². The maximum Gasteiger partial charge on any atom is 0.0543 e. The highest BCUT2D eigenvalue weighted by molar-refractivity contribution is 5.50. The summed E-state index contributed by atoms with van der Waals surface area (Å²) in [4.78, 5) is 0. The van der Waals surface area contributed by atoms with E-state index >= 15 is 0 Å². The van der Waals surface area contributed by atoms with Crippen molar-refractivity contribution in [3.63, 3.8) is 0 Å². The first-order valence-corrected chi connectivity index (χ1v) is 6.33. The van der Waals surface area contributed by atoms with Crippen molar-refractivity contribution in [3.05, 3.63) is 47.8 Å². The molecule has 3 nitrogen and oxygen atoms in total. The summed E-state index contributed by atoms with van der Waals surface area (Å²) in [6.07, 6.45) is 9.35. The number of terminal acetylenes is 1. The summed E-state index contributed by atoms with van der Waals surface area (Å²) in [7, 11) is 0. The van der Waals surface area contributed by atoms with Crippen LogP contribution in [0.25, 0.3) is 0 Å². The molecule has 0 fully saturated rings. The third kappa shape index (κ3) is 3.38. The van der Waals surface area contributed by atoms with E-state index in [0.717, 1.165) is 23.4 Å². The van der Waals surface area contributed by atoms with Crippen LogP contribution < -0.4 is 5.32 Å². The number of anilines is 1. The molecule has 19 heavy (non-hydrogen) atoms. The van der Waals surface area contributed by atoms with Crippen molar-refractivity contribution in [3.8, 4) is 12.3 Å². The van der Waals surface area contributed by atoms with Crippen LogP contribution >= 0.6 is 0 Å². The topological polar surface area (TPSA) is 29.9 Å². The molecule has 1 aromatic heterocycles. The molecule has 0 aliphatic heterocycles. The highest BCUT2D eigenvalue weighted by Gasteiger charge is 2.13. The molecule has 1 N–H and O–H groups in total. The van der Waals surface area contributed by atoms with E-state index in [9.17, 15) is 0 Å². The van der Waals surface area contributed by atoms with E-state index in [1.807, 2.05) is 35.1 Å². The average Bonchev–Trinajstić information content (AvgIpc) is 2.85. The Morgan fingerprint density at radius 3 is 2.79 bits per heavy atom. The van der Waals surface area contributed by atoms with Crippen molar-refractivity contribution in [2.24, 2.45) is 0 Å². The molecule has 0 aliphatic carbocycles. The molecule has 0 saturated carbocycles. The molecule has 3 heteroatoms. The second-order valence-corrected chi connectivity index (χ2v) is 5.54. The normalized spacial score (nSPS) is 11.1. The molecule has 0 saturated heterocycles. The van der Waals surface area contributed by atoms with Gasteiger partial charge in [-0.3, -0.25) is 4.68 Å². The van der Waals surface area contributed by atoms with Crippen LogP contribution in [0.5, 0.6) is 0 Å². The molecule has 98 valence electrons. The zero-order valence-electron chi connectivity index (χ0n) is 11.6. The number of nitrogens with zero attached hydrogens (tertiary/aromatic N) is 2. The summed E-state index contributed by atoms with van der Waals surface area (Å²) in [5.41, 5.74) is 3.08. The summed E-state index contributed by atoms with van der Waals surface area (Å²) in [5.74, 6) is 2.63. The Hall–Kier alpha value is -2.21. The van der Waals surface area contributed by atoms with Crippen molar-refractivity contribution in [1.29, 1.82) is 0 Å². The molecule has 1 heterocycles. The zero-order valence-corrected chi connectivity index (χ0v) is 11.6. The van der Waals surface area contributed by atoms with Crippen LogP contribution in [-0.2, 0) is 12.1 Å². The third-order valence-electron chi connectivity index (χ3n) is 2.85. The first-order chi connectivity index (χ1) is 8.99. The second-order valence-electron chi connectivity index (χ2n) is 5.54. The maximum atomic E-state index is 5.39. The quantitative estimate of drug-likeness (QED) is 0.851. The number of aromatic nitrogens is 2. The average molecular weight is 253 g/mol. The van der Waals surface area contributed by atoms with Gasteiger partial charge in [0.2, 0.25) is 0 Å². The van der Waals surface area contributed by atoms with Gasteiger partial charge in [0.05, 0.1) is 11.7 Å². The minimum Gasteiger partial charge on any atom is -0.381 e. The van der Waals surface area contributed by atoms with Crippen LogP contribution in [0.4, 0.5) is 5.69 Å². The summed E-state index contributed by atoms with van der Waals surface area (Å²) in [6, 6.07) is 7.85. The summed E-state index contributed by atoms with van der Waals surface area (Å²) in [5, 5.41) is 7.73. The summed E-state index contributed by atoms with van der Waals surface area (Å²) < 4.78 is 1.97. The maximum absolute atomic E-state index is 5.39. The van der Waals surface area contributed by atoms with E-state index < -0.39 is 0 Å². The van der Waals surface area contributed by atoms with Crippen molar-refractivity contribution in [2.45, 2.75) is 32.9 Å². The van der Waals surface area contributed by atoms with Crippen LogP contribution in [0.3, 0.4) is 0 Å². The van der Waals surface area contributed by atoms with Crippen LogP contribution in [-0.4, -0.2) is 9.78 Å². The van der Waals surface area contributed by atoms with Gasteiger partial charge in [-0.2, -0.15) is 5.10 Å². The van der Waals surface area contributed by atoms with Gasteiger partial charge in [0.15, 0.2) is 0 Å². The van der Waals surface area contributed by atoms with Gasteiger partial charge in [-0.25, -0.2) is 0 Å². The van der Waals surface area contributed by atoms with Crippen LogP contribution in [0.2, 0.25) is 0 Å². The van der Waals surface area contributed by atoms with Crippen molar-refractivity contribution in [1.82, 2.24) is 9.78 Å². The fourth-order valence-corrected chi connectivity index (χ4v) is 1.74. The third-order valence-corrected chi connectivity index (χ3v) is 2.85. The predicted molar refractivity (Wildman–Crippen MR) is 78.9 cm³/mol. The lowest BCUT2D eigenvalue weighted by Gasteiger charge is -2.18. The van der Waals surface area contributed by atoms with Crippen molar-refractivity contribution in [2.75, 3.05) is 5.32 Å². The van der Waals surface area contributed by atoms with Gasteiger partial charge >= 0.3 is 0 Å². The number of benzene rings is 1. The van der Waals surface area contributed by atoms with Crippen LogP contribution in [0, 0.1) is 12.3 Å². The van der Waals surface area contributed by atoms with Crippen molar-refractivity contribution < 1.29 is 0 Å². The molecule has 0 atom stereocenters. The van der Waals surface area contributed by atoms with E-state index in [1.54, 1.807) is 0 Å². The second kappa shape index (κ2) is 5.19. The first kappa shape index (κ1) is 13.2. The molecule has 0 amide bonds. The molecule has 1 aromatic carbocycles. The smallest absolute Gasteiger partial charge is 0.0543 e. The Labute approximate surface area is 114 Å². The minimum atomic E-state index is 0.0155. The molecule has 0 unspecified atom stereocenters. The molecule has 0 aliphatic rings. The van der Waals surface area contributed by atoms with E-state index in [4.69, 9.17) is 6.42 Å². The number of hydrogen-bond donors (Lipinski definition) is 1. The van der Waals surface area contributed by atoms with Gasteiger partial charge in [-0.1, -0.05) is 12.0 Å². The Morgan fingerprint density at radius 1 is 1.37 bits per heavy atom. The lowest BCUT2D eigenvalue weighted by Crippen LogP contribution is -2.21. The number of nitrogens with one attached hydrogen (secondary N) is 1. The fourth-order valence-electron chi connectivity index (χ4n) is 1.74. The Bertz CT molecular complexity index is 597. The van der Waals surface area contributed by atoms with Gasteiger partial charge in [0.1, 0.15) is 0 Å². The van der Waals surface area contributed by atoms with E-state index in [2.05, 4.69) is 43.3 Å². The molecule has 0 spiro atoms.